The van der Waals surface area contributed by atoms with Gasteiger partial charge in [0.25, 0.3) is 0 Å². The second kappa shape index (κ2) is 8.93. The van der Waals surface area contributed by atoms with Crippen molar-refractivity contribution in [3.05, 3.63) is 76.4 Å². The summed E-state index contributed by atoms with van der Waals surface area (Å²) in [6, 6.07) is 17.3. The van der Waals surface area contributed by atoms with Crippen LogP contribution in [0.15, 0.2) is 60.0 Å². The molecule has 2 aromatic carbocycles. The van der Waals surface area contributed by atoms with E-state index in [-0.39, 0.29) is 11.8 Å². The van der Waals surface area contributed by atoms with E-state index in [1.165, 1.54) is 11.3 Å². The number of nitrogens with one attached hydrogen (secondary N) is 2. The zero-order valence-corrected chi connectivity index (χ0v) is 16.8. The summed E-state index contributed by atoms with van der Waals surface area (Å²) in [5.41, 5.74) is 2.62. The van der Waals surface area contributed by atoms with Gasteiger partial charge in [0.1, 0.15) is 0 Å². The van der Waals surface area contributed by atoms with Gasteiger partial charge in [-0.1, -0.05) is 65.3 Å². The summed E-state index contributed by atoms with van der Waals surface area (Å²) in [5.74, 6) is -0.00153. The van der Waals surface area contributed by atoms with Gasteiger partial charge in [-0.2, -0.15) is 5.21 Å². The van der Waals surface area contributed by atoms with Crippen LogP contribution in [-0.4, -0.2) is 31.5 Å². The van der Waals surface area contributed by atoms with Gasteiger partial charge in [-0.05, 0) is 18.1 Å². The summed E-state index contributed by atoms with van der Waals surface area (Å²) >= 11 is 7.61. The Labute approximate surface area is 176 Å². The number of amides is 1. The van der Waals surface area contributed by atoms with Crippen molar-refractivity contribution >= 4 is 34.0 Å². The Morgan fingerprint density at radius 3 is 2.66 bits per heavy atom. The number of aromatic nitrogens is 5. The van der Waals surface area contributed by atoms with Gasteiger partial charge < -0.3 is 5.32 Å². The monoisotopic (exact) mass is 424 g/mol. The largest absolute Gasteiger partial charge is 0.302 e. The zero-order chi connectivity index (χ0) is 20.1. The number of carbonyl (C=O) groups excluding carboxylic acids is 1. The first-order chi connectivity index (χ1) is 14.2. The fourth-order valence-corrected chi connectivity index (χ4v) is 3.92. The third-order valence-corrected chi connectivity index (χ3v) is 5.49. The fourth-order valence-electron chi connectivity index (χ4n) is 2.98. The molecule has 4 aromatic rings. The molecule has 1 atom stereocenters. The number of benzene rings is 2. The Balaban J connectivity index is 1.51. The van der Waals surface area contributed by atoms with Crippen molar-refractivity contribution in [2.45, 2.75) is 12.8 Å². The minimum absolute atomic E-state index is 0.140. The summed E-state index contributed by atoms with van der Waals surface area (Å²) < 4.78 is 0. The van der Waals surface area contributed by atoms with Gasteiger partial charge in [0.05, 0.1) is 5.69 Å². The molecule has 2 aromatic heterocycles. The Morgan fingerprint density at radius 1 is 1.10 bits per heavy atom. The molecule has 0 fully saturated rings. The van der Waals surface area contributed by atoms with Gasteiger partial charge in [0.15, 0.2) is 11.0 Å². The first-order valence-corrected chi connectivity index (χ1v) is 10.2. The summed E-state index contributed by atoms with van der Waals surface area (Å²) in [5, 5.41) is 19.9. The molecular formula is C20H17ClN6OS. The molecule has 1 amide bonds. The number of hydrogen-bond acceptors (Lipinski definition) is 6. The number of H-pyrrole nitrogens is 1. The van der Waals surface area contributed by atoms with Gasteiger partial charge in [-0.15, -0.1) is 21.5 Å². The van der Waals surface area contributed by atoms with Gasteiger partial charge in [-0.3, -0.25) is 4.79 Å². The second-order valence-corrected chi connectivity index (χ2v) is 7.69. The number of rotatable bonds is 7. The lowest BCUT2D eigenvalue weighted by Gasteiger charge is -2.14. The molecule has 0 saturated heterocycles. The van der Waals surface area contributed by atoms with Crippen LogP contribution in [0.1, 0.15) is 11.4 Å². The summed E-state index contributed by atoms with van der Waals surface area (Å²) in [4.78, 5) is 17.5. The Morgan fingerprint density at radius 2 is 1.90 bits per heavy atom. The van der Waals surface area contributed by atoms with E-state index in [1.54, 1.807) is 0 Å². The maximum Gasteiger partial charge on any atom is 0.230 e. The van der Waals surface area contributed by atoms with Crippen LogP contribution in [0.2, 0.25) is 5.02 Å². The van der Waals surface area contributed by atoms with E-state index >= 15 is 0 Å². The van der Waals surface area contributed by atoms with E-state index in [9.17, 15) is 4.79 Å². The Kier molecular flexibility index (Phi) is 5.92. The molecule has 0 radical (unpaired) electrons. The van der Waals surface area contributed by atoms with Gasteiger partial charge in [-0.25, -0.2) is 4.98 Å². The predicted molar refractivity (Wildman–Crippen MR) is 113 cm³/mol. The number of hydrogen-bond donors (Lipinski definition) is 2. The number of nitrogens with zero attached hydrogens (tertiary/aromatic N) is 4. The second-order valence-electron chi connectivity index (χ2n) is 6.43. The quantitative estimate of drug-likeness (QED) is 0.467. The van der Waals surface area contributed by atoms with Gasteiger partial charge in [0, 0.05) is 28.3 Å². The highest BCUT2D eigenvalue weighted by Crippen LogP contribution is 2.30. The molecule has 0 spiro atoms. The number of thiazole rings is 1. The summed E-state index contributed by atoms with van der Waals surface area (Å²) in [7, 11) is 0. The molecule has 2 N–H and O–H groups in total. The SMILES string of the molecule is O=C(Nc1nc(-c2ccccc2Cl)cs1)[C@H](Cc1ccccc1)Cc1nn[nH]n1. The van der Waals surface area contributed by atoms with Crippen molar-refractivity contribution in [1.29, 1.82) is 0 Å². The molecule has 0 unspecified atom stereocenters. The van der Waals surface area contributed by atoms with E-state index in [4.69, 9.17) is 11.6 Å². The van der Waals surface area contributed by atoms with E-state index < -0.39 is 0 Å². The number of aromatic amines is 1. The van der Waals surface area contributed by atoms with Crippen LogP contribution < -0.4 is 5.32 Å². The minimum atomic E-state index is -0.359. The average Bonchev–Trinajstić information content (AvgIpc) is 3.41. The minimum Gasteiger partial charge on any atom is -0.302 e. The lowest BCUT2D eigenvalue weighted by molar-refractivity contribution is -0.119. The fraction of sp³-hybridized carbons (Fsp3) is 0.150. The van der Waals surface area contributed by atoms with Crippen molar-refractivity contribution in [2.75, 3.05) is 5.32 Å². The van der Waals surface area contributed by atoms with Crippen molar-refractivity contribution in [1.82, 2.24) is 25.6 Å². The van der Waals surface area contributed by atoms with E-state index in [2.05, 4.69) is 30.9 Å². The zero-order valence-electron chi connectivity index (χ0n) is 15.2. The normalized spacial score (nSPS) is 11.9. The smallest absolute Gasteiger partial charge is 0.230 e. The third-order valence-electron chi connectivity index (χ3n) is 4.40. The van der Waals surface area contributed by atoms with Crippen LogP contribution >= 0.6 is 22.9 Å². The lowest BCUT2D eigenvalue weighted by Crippen LogP contribution is -2.27. The van der Waals surface area contributed by atoms with Crippen LogP contribution in [0.4, 0.5) is 5.13 Å². The molecule has 146 valence electrons. The number of tetrazole rings is 1. The van der Waals surface area contributed by atoms with Crippen molar-refractivity contribution in [3.63, 3.8) is 0 Å². The highest BCUT2D eigenvalue weighted by atomic mass is 35.5. The molecule has 2 heterocycles. The maximum absolute atomic E-state index is 13.0. The van der Waals surface area contributed by atoms with E-state index in [1.807, 2.05) is 60.0 Å². The predicted octanol–water partition coefficient (Wildman–Crippen LogP) is 4.02. The van der Waals surface area contributed by atoms with Gasteiger partial charge >= 0.3 is 0 Å². The number of carbonyl (C=O) groups is 1. The molecular weight excluding hydrogens is 408 g/mol. The molecule has 4 rings (SSSR count). The summed E-state index contributed by atoms with van der Waals surface area (Å²) in [6.07, 6.45) is 0.934. The average molecular weight is 425 g/mol. The van der Waals surface area contributed by atoms with Crippen LogP contribution in [0.3, 0.4) is 0 Å². The number of halogens is 1. The van der Waals surface area contributed by atoms with Crippen molar-refractivity contribution < 1.29 is 4.79 Å². The topological polar surface area (TPSA) is 96.5 Å². The Hall–Kier alpha value is -3.10. The molecule has 9 heteroatoms. The van der Waals surface area contributed by atoms with Crippen LogP contribution in [0.5, 0.6) is 0 Å². The molecule has 0 aliphatic heterocycles. The van der Waals surface area contributed by atoms with E-state index in [0.717, 1.165) is 16.8 Å². The van der Waals surface area contributed by atoms with Crippen molar-refractivity contribution in [3.8, 4) is 11.3 Å². The maximum atomic E-state index is 13.0. The lowest BCUT2D eigenvalue weighted by atomic mass is 9.95. The van der Waals surface area contributed by atoms with Gasteiger partial charge in [0.2, 0.25) is 5.91 Å². The van der Waals surface area contributed by atoms with Crippen LogP contribution in [-0.2, 0) is 17.6 Å². The summed E-state index contributed by atoms with van der Waals surface area (Å²) in [6.45, 7) is 0. The van der Waals surface area contributed by atoms with Crippen molar-refractivity contribution in [2.24, 2.45) is 5.92 Å². The molecule has 0 aliphatic rings. The van der Waals surface area contributed by atoms with Crippen LogP contribution in [0, 0.1) is 5.92 Å². The first-order valence-electron chi connectivity index (χ1n) is 8.96. The number of anilines is 1. The molecule has 0 saturated carbocycles. The molecule has 0 bridgehead atoms. The third kappa shape index (κ3) is 4.85. The molecule has 0 aliphatic carbocycles. The highest BCUT2D eigenvalue weighted by molar-refractivity contribution is 7.14. The molecule has 7 nitrogen and oxygen atoms in total. The Bertz CT molecular complexity index is 1080. The van der Waals surface area contributed by atoms with Crippen LogP contribution in [0.25, 0.3) is 11.3 Å². The first kappa shape index (κ1) is 19.2. The highest BCUT2D eigenvalue weighted by Gasteiger charge is 2.23. The molecule has 29 heavy (non-hydrogen) atoms. The van der Waals surface area contributed by atoms with E-state index in [0.29, 0.717) is 28.8 Å². The standard InChI is InChI=1S/C20H17ClN6OS/c21-16-9-5-4-8-15(16)17-12-29-20(22-17)23-19(28)14(11-18-24-26-27-25-18)10-13-6-2-1-3-7-13/h1-9,12,14H,10-11H2,(H,22,23,28)(H,24,25,26,27)/t14-/m1/s1.